The molecule has 0 unspecified atom stereocenters. The molecule has 0 spiro atoms. The van der Waals surface area contributed by atoms with E-state index in [0.717, 1.165) is 11.1 Å². The number of halogens is 1. The number of fused-ring (bicyclic) bond motifs is 1. The Morgan fingerprint density at radius 3 is 2.86 bits per heavy atom. The molecule has 0 radical (unpaired) electrons. The predicted molar refractivity (Wildman–Crippen MR) is 110 cm³/mol. The first-order chi connectivity index (χ1) is 13.6. The van der Waals surface area contributed by atoms with Crippen LogP contribution in [-0.2, 0) is 17.8 Å². The number of aromatic nitrogens is 3. The summed E-state index contributed by atoms with van der Waals surface area (Å²) in [6, 6.07) is 15.4. The third-order valence-corrected chi connectivity index (χ3v) is 4.77. The minimum atomic E-state index is -0.247. The highest BCUT2D eigenvalue weighted by Crippen LogP contribution is 2.27. The fourth-order valence-corrected chi connectivity index (χ4v) is 3.48. The van der Waals surface area contributed by atoms with Gasteiger partial charge in [-0.05, 0) is 21.5 Å². The van der Waals surface area contributed by atoms with Crippen LogP contribution in [-0.4, -0.2) is 34.0 Å². The Bertz CT molecular complexity index is 1100. The quantitative estimate of drug-likeness (QED) is 0.466. The Balaban J connectivity index is 1.53. The lowest BCUT2D eigenvalue weighted by Crippen LogP contribution is -2.19. The molecule has 144 valence electrons. The Morgan fingerprint density at radius 1 is 1.25 bits per heavy atom. The minimum Gasteiger partial charge on any atom is -0.448 e. The van der Waals surface area contributed by atoms with Crippen LogP contribution in [0.15, 0.2) is 63.8 Å². The van der Waals surface area contributed by atoms with Gasteiger partial charge in [0.1, 0.15) is 5.69 Å². The molecule has 0 saturated carbocycles. The SMILES string of the molecule is COCCn1c(C(=O)Nc2ccn(Cc3ccccc3)n2)cc2oc(Br)cc21. The fourth-order valence-electron chi connectivity index (χ4n) is 3.09. The number of benzene rings is 1. The zero-order valence-electron chi connectivity index (χ0n) is 15.3. The van der Waals surface area contributed by atoms with Crippen LogP contribution >= 0.6 is 15.9 Å². The first-order valence-electron chi connectivity index (χ1n) is 8.80. The van der Waals surface area contributed by atoms with Gasteiger partial charge in [-0.25, -0.2) is 0 Å². The van der Waals surface area contributed by atoms with Crippen LogP contribution in [0.4, 0.5) is 5.82 Å². The van der Waals surface area contributed by atoms with Gasteiger partial charge in [0, 0.05) is 38.1 Å². The van der Waals surface area contributed by atoms with Gasteiger partial charge in [0.2, 0.25) is 0 Å². The molecule has 3 heterocycles. The number of amides is 1. The number of hydrogen-bond acceptors (Lipinski definition) is 4. The number of anilines is 1. The van der Waals surface area contributed by atoms with Crippen molar-refractivity contribution < 1.29 is 13.9 Å². The van der Waals surface area contributed by atoms with Gasteiger partial charge in [-0.1, -0.05) is 30.3 Å². The summed E-state index contributed by atoms with van der Waals surface area (Å²) in [5.41, 5.74) is 3.12. The minimum absolute atomic E-state index is 0.247. The van der Waals surface area contributed by atoms with Crippen LogP contribution in [0.25, 0.3) is 11.1 Å². The van der Waals surface area contributed by atoms with Crippen LogP contribution in [0.3, 0.4) is 0 Å². The van der Waals surface area contributed by atoms with Gasteiger partial charge < -0.3 is 19.0 Å². The van der Waals surface area contributed by atoms with E-state index in [1.165, 1.54) is 0 Å². The van der Waals surface area contributed by atoms with E-state index in [4.69, 9.17) is 9.15 Å². The molecule has 8 heteroatoms. The average molecular weight is 443 g/mol. The smallest absolute Gasteiger partial charge is 0.273 e. The highest BCUT2D eigenvalue weighted by Gasteiger charge is 2.19. The van der Waals surface area contributed by atoms with E-state index < -0.39 is 0 Å². The number of rotatable bonds is 7. The standard InChI is InChI=1S/C20H19BrN4O3/c1-27-10-9-25-15-12-18(21)28-17(15)11-16(25)20(26)22-19-7-8-24(23-19)13-14-5-3-2-4-6-14/h2-8,11-12H,9-10,13H2,1H3,(H,22,23,26). The molecule has 3 aromatic heterocycles. The molecule has 0 saturated heterocycles. The predicted octanol–water partition coefficient (Wildman–Crippen LogP) is 4.14. The molecule has 0 fully saturated rings. The number of nitrogens with one attached hydrogen (secondary N) is 1. The number of nitrogens with zero attached hydrogens (tertiary/aromatic N) is 3. The Morgan fingerprint density at radius 2 is 2.07 bits per heavy atom. The molecule has 0 aliphatic heterocycles. The summed E-state index contributed by atoms with van der Waals surface area (Å²) < 4.78 is 15.1. The Kier molecular flexibility index (Phi) is 5.31. The molecule has 0 aliphatic rings. The summed E-state index contributed by atoms with van der Waals surface area (Å²) in [6.45, 7) is 1.66. The second-order valence-electron chi connectivity index (χ2n) is 6.31. The normalized spacial score (nSPS) is 11.2. The van der Waals surface area contributed by atoms with E-state index in [9.17, 15) is 4.79 Å². The van der Waals surface area contributed by atoms with Crippen molar-refractivity contribution in [3.63, 3.8) is 0 Å². The van der Waals surface area contributed by atoms with Crippen molar-refractivity contribution in [3.8, 4) is 0 Å². The third kappa shape index (κ3) is 3.88. The van der Waals surface area contributed by atoms with Crippen molar-refractivity contribution in [2.45, 2.75) is 13.1 Å². The molecule has 28 heavy (non-hydrogen) atoms. The largest absolute Gasteiger partial charge is 0.448 e. The van der Waals surface area contributed by atoms with Gasteiger partial charge >= 0.3 is 0 Å². The molecule has 7 nitrogen and oxygen atoms in total. The highest BCUT2D eigenvalue weighted by atomic mass is 79.9. The van der Waals surface area contributed by atoms with Gasteiger partial charge in [-0.15, -0.1) is 0 Å². The summed E-state index contributed by atoms with van der Waals surface area (Å²) >= 11 is 3.33. The van der Waals surface area contributed by atoms with Gasteiger partial charge in [-0.3, -0.25) is 9.48 Å². The number of hydrogen-bond donors (Lipinski definition) is 1. The van der Waals surface area contributed by atoms with Crippen molar-refractivity contribution in [3.05, 3.63) is 70.7 Å². The number of ether oxygens (including phenoxy) is 1. The van der Waals surface area contributed by atoms with Gasteiger partial charge in [0.25, 0.3) is 5.91 Å². The van der Waals surface area contributed by atoms with Gasteiger partial charge in [0.05, 0.1) is 18.7 Å². The van der Waals surface area contributed by atoms with Crippen LogP contribution in [0.2, 0.25) is 0 Å². The maximum atomic E-state index is 12.8. The van der Waals surface area contributed by atoms with E-state index in [1.807, 2.05) is 47.2 Å². The number of carbonyl (C=O) groups excluding carboxylic acids is 1. The summed E-state index contributed by atoms with van der Waals surface area (Å²) in [5, 5.41) is 7.30. The van der Waals surface area contributed by atoms with E-state index in [2.05, 4.69) is 26.3 Å². The van der Waals surface area contributed by atoms with Crippen molar-refractivity contribution >= 4 is 38.8 Å². The third-order valence-electron chi connectivity index (χ3n) is 4.38. The fraction of sp³-hybridized carbons (Fsp3) is 0.200. The maximum absolute atomic E-state index is 12.8. The average Bonchev–Trinajstić information content (AvgIpc) is 3.35. The number of carbonyl (C=O) groups is 1. The van der Waals surface area contributed by atoms with E-state index in [-0.39, 0.29) is 5.91 Å². The zero-order valence-corrected chi connectivity index (χ0v) is 16.8. The highest BCUT2D eigenvalue weighted by molar-refractivity contribution is 9.10. The molecule has 4 aromatic rings. The van der Waals surface area contributed by atoms with Crippen LogP contribution in [0, 0.1) is 0 Å². The zero-order chi connectivity index (χ0) is 19.5. The van der Waals surface area contributed by atoms with Crippen LogP contribution < -0.4 is 5.32 Å². The molecular formula is C20H19BrN4O3. The van der Waals surface area contributed by atoms with Crippen molar-refractivity contribution in [2.24, 2.45) is 0 Å². The molecule has 0 atom stereocenters. The van der Waals surface area contributed by atoms with E-state index >= 15 is 0 Å². The molecule has 0 aliphatic carbocycles. The van der Waals surface area contributed by atoms with E-state index in [1.54, 1.807) is 23.9 Å². The lowest BCUT2D eigenvalue weighted by Gasteiger charge is -2.09. The molecule has 0 bridgehead atoms. The first-order valence-corrected chi connectivity index (χ1v) is 9.59. The monoisotopic (exact) mass is 442 g/mol. The van der Waals surface area contributed by atoms with Gasteiger partial charge in [-0.2, -0.15) is 5.10 Å². The second kappa shape index (κ2) is 8.04. The molecule has 4 rings (SSSR count). The molecule has 1 N–H and O–H groups in total. The second-order valence-corrected chi connectivity index (χ2v) is 7.09. The summed E-state index contributed by atoms with van der Waals surface area (Å²) in [4.78, 5) is 12.8. The molecule has 1 aromatic carbocycles. The number of furan rings is 1. The first kappa shape index (κ1) is 18.5. The van der Waals surface area contributed by atoms with E-state index in [0.29, 0.717) is 41.5 Å². The van der Waals surface area contributed by atoms with Crippen LogP contribution in [0.1, 0.15) is 16.1 Å². The summed E-state index contributed by atoms with van der Waals surface area (Å²) in [6.07, 6.45) is 1.84. The van der Waals surface area contributed by atoms with Gasteiger partial charge in [0.15, 0.2) is 16.1 Å². The molecule has 1 amide bonds. The molecular weight excluding hydrogens is 424 g/mol. The lowest BCUT2D eigenvalue weighted by molar-refractivity contribution is 0.101. The number of methoxy groups -OCH3 is 1. The van der Waals surface area contributed by atoms with Crippen molar-refractivity contribution in [2.75, 3.05) is 19.0 Å². The maximum Gasteiger partial charge on any atom is 0.273 e. The lowest BCUT2D eigenvalue weighted by atomic mass is 10.2. The summed E-state index contributed by atoms with van der Waals surface area (Å²) in [7, 11) is 1.63. The van der Waals surface area contributed by atoms with Crippen molar-refractivity contribution in [1.82, 2.24) is 14.3 Å². The topological polar surface area (TPSA) is 74.2 Å². The Hall–Kier alpha value is -2.84. The Labute approximate surface area is 170 Å². The van der Waals surface area contributed by atoms with Crippen LogP contribution in [0.5, 0.6) is 0 Å². The summed E-state index contributed by atoms with van der Waals surface area (Å²) in [5.74, 6) is 0.252. The van der Waals surface area contributed by atoms with Crippen molar-refractivity contribution in [1.29, 1.82) is 0 Å².